The van der Waals surface area contributed by atoms with Gasteiger partial charge in [-0.3, -0.25) is 0 Å². The first-order valence-corrected chi connectivity index (χ1v) is 9.08. The highest BCUT2D eigenvalue weighted by atomic mass is 28.1. The molecule has 7 heteroatoms. The van der Waals surface area contributed by atoms with Gasteiger partial charge in [0.25, 0.3) is 0 Å². The van der Waals surface area contributed by atoms with Gasteiger partial charge in [0.2, 0.25) is 0 Å². The van der Waals surface area contributed by atoms with Crippen LogP contribution < -0.4 is 0 Å². The van der Waals surface area contributed by atoms with Gasteiger partial charge in [-0.25, -0.2) is 14.8 Å². The van der Waals surface area contributed by atoms with Crippen molar-refractivity contribution in [2.45, 2.75) is 44.9 Å². The van der Waals surface area contributed by atoms with Gasteiger partial charge in [0, 0.05) is 41.3 Å². The van der Waals surface area contributed by atoms with Crippen LogP contribution in [-0.2, 0) is 11.3 Å². The van der Waals surface area contributed by atoms with E-state index in [1.54, 1.807) is 17.3 Å². The van der Waals surface area contributed by atoms with Crippen molar-refractivity contribution in [2.75, 3.05) is 13.1 Å². The minimum Gasteiger partial charge on any atom is -0.443 e. The van der Waals surface area contributed by atoms with E-state index in [9.17, 15) is 4.79 Å². The summed E-state index contributed by atoms with van der Waals surface area (Å²) < 4.78 is 5.65. The number of carbonyl (C=O) groups is 1. The molecule has 1 N–H and O–H groups in total. The fourth-order valence-electron chi connectivity index (χ4n) is 2.11. The van der Waals surface area contributed by atoms with Gasteiger partial charge in [-0.1, -0.05) is 13.0 Å². The lowest BCUT2D eigenvalue weighted by Crippen LogP contribution is -2.41. The molecule has 0 fully saturated rings. The molecule has 1 aromatic rings. The first-order chi connectivity index (χ1) is 10.8. The number of nitrogens with zero attached hydrogens (tertiary/aromatic N) is 3. The minimum atomic E-state index is -0.415. The third-order valence-corrected chi connectivity index (χ3v) is 5.82. The molecule has 2 heterocycles. The number of aliphatic hydroxyl groups is 1. The molecule has 0 radical (unpaired) electrons. The molecule has 1 aliphatic rings. The summed E-state index contributed by atoms with van der Waals surface area (Å²) in [6, 6.07) is 0. The number of carbonyl (C=O) groups excluding carboxylic acids is 1. The number of hydrogen-bond donors (Lipinski definition) is 1. The molecular weight excluding hydrogens is 310 g/mol. The van der Waals surface area contributed by atoms with Gasteiger partial charge in [0.15, 0.2) is 5.82 Å². The quantitative estimate of drug-likeness (QED) is 0.835. The number of aliphatic hydroxyl groups excluding tert-OH is 1. The Morgan fingerprint density at radius 3 is 2.61 bits per heavy atom. The lowest BCUT2D eigenvalue weighted by Gasteiger charge is -2.33. The molecule has 23 heavy (non-hydrogen) atoms. The average Bonchev–Trinajstić information content (AvgIpc) is 2.54. The van der Waals surface area contributed by atoms with Crippen molar-refractivity contribution in [3.63, 3.8) is 0 Å². The standard InChI is InChI=1S/C16H25N3O3Si/c1-11(23)16(2,3)22-15(21)19-6-4-12(5-7-19)13-8-17-14(10-20)18-9-13/h4,8-9,11,20H,5-7,10H2,1-3,23H3. The third kappa shape index (κ3) is 4.39. The van der Waals surface area contributed by atoms with Crippen LogP contribution in [0.5, 0.6) is 0 Å². The molecule has 6 nitrogen and oxygen atoms in total. The monoisotopic (exact) mass is 335 g/mol. The Morgan fingerprint density at radius 1 is 1.48 bits per heavy atom. The van der Waals surface area contributed by atoms with Crippen molar-refractivity contribution in [3.05, 3.63) is 29.9 Å². The molecule has 0 aromatic carbocycles. The summed E-state index contributed by atoms with van der Waals surface area (Å²) in [7, 11) is 0.986. The van der Waals surface area contributed by atoms with Crippen LogP contribution in [0.25, 0.3) is 5.57 Å². The summed E-state index contributed by atoms with van der Waals surface area (Å²) >= 11 is 0. The SMILES string of the molecule is CC([SiH3])C(C)(C)OC(=O)N1CC=C(c2cnc(CO)nc2)CC1. The van der Waals surface area contributed by atoms with Crippen LogP contribution in [0.4, 0.5) is 4.79 Å². The van der Waals surface area contributed by atoms with Gasteiger partial charge in [-0.2, -0.15) is 0 Å². The maximum Gasteiger partial charge on any atom is 0.410 e. The molecule has 0 bridgehead atoms. The maximum atomic E-state index is 12.3. The topological polar surface area (TPSA) is 75.5 Å². The first-order valence-electron chi connectivity index (χ1n) is 7.92. The first kappa shape index (κ1) is 17.6. The molecule has 126 valence electrons. The average molecular weight is 335 g/mol. The Morgan fingerprint density at radius 2 is 2.13 bits per heavy atom. The minimum absolute atomic E-state index is 0.159. The van der Waals surface area contributed by atoms with Gasteiger partial charge < -0.3 is 14.7 Å². The van der Waals surface area contributed by atoms with Crippen LogP contribution in [0.3, 0.4) is 0 Å². The van der Waals surface area contributed by atoms with Crippen molar-refractivity contribution in [2.24, 2.45) is 0 Å². The smallest absolute Gasteiger partial charge is 0.410 e. The largest absolute Gasteiger partial charge is 0.443 e. The van der Waals surface area contributed by atoms with E-state index < -0.39 is 5.60 Å². The summed E-state index contributed by atoms with van der Waals surface area (Å²) in [5.74, 6) is 0.412. The predicted octanol–water partition coefficient (Wildman–Crippen LogP) is 1.15. The van der Waals surface area contributed by atoms with Crippen LogP contribution in [0, 0.1) is 0 Å². The summed E-state index contributed by atoms with van der Waals surface area (Å²) in [6.45, 7) is 7.03. The summed E-state index contributed by atoms with van der Waals surface area (Å²) in [5, 5.41) is 8.97. The van der Waals surface area contributed by atoms with E-state index in [2.05, 4.69) is 16.9 Å². The second-order valence-electron chi connectivity index (χ2n) is 6.60. The molecule has 2 rings (SSSR count). The van der Waals surface area contributed by atoms with Crippen molar-refractivity contribution in [1.29, 1.82) is 0 Å². The van der Waals surface area contributed by atoms with Crippen molar-refractivity contribution < 1.29 is 14.6 Å². The zero-order valence-electron chi connectivity index (χ0n) is 14.2. The van der Waals surface area contributed by atoms with Gasteiger partial charge in [-0.05, 0) is 31.4 Å². The van der Waals surface area contributed by atoms with Crippen LogP contribution in [0.15, 0.2) is 18.5 Å². The summed E-state index contributed by atoms with van der Waals surface area (Å²) in [6.07, 6.45) is 5.93. The van der Waals surface area contributed by atoms with Crippen LogP contribution >= 0.6 is 0 Å². The molecule has 0 spiro atoms. The number of aromatic nitrogens is 2. The zero-order chi connectivity index (χ0) is 17.0. The molecule has 1 atom stereocenters. The van der Waals surface area contributed by atoms with Crippen molar-refractivity contribution >= 4 is 21.9 Å². The van der Waals surface area contributed by atoms with E-state index in [-0.39, 0.29) is 12.7 Å². The van der Waals surface area contributed by atoms with Crippen molar-refractivity contribution in [3.8, 4) is 0 Å². The number of hydrogen-bond acceptors (Lipinski definition) is 5. The lowest BCUT2D eigenvalue weighted by molar-refractivity contribution is 0.0138. The van der Waals surface area contributed by atoms with Crippen LogP contribution in [-0.4, -0.2) is 55.0 Å². The Kier molecular flexibility index (Phi) is 5.54. The molecule has 0 saturated carbocycles. The normalized spacial score (nSPS) is 16.9. The van der Waals surface area contributed by atoms with Gasteiger partial charge >= 0.3 is 6.09 Å². The zero-order valence-corrected chi connectivity index (χ0v) is 16.2. The molecular formula is C16H25N3O3Si. The van der Waals surface area contributed by atoms with Crippen molar-refractivity contribution in [1.82, 2.24) is 14.9 Å². The van der Waals surface area contributed by atoms with E-state index in [1.165, 1.54) is 0 Å². The molecule has 0 aliphatic carbocycles. The van der Waals surface area contributed by atoms with E-state index in [1.807, 2.05) is 19.9 Å². The summed E-state index contributed by atoms with van der Waals surface area (Å²) in [4.78, 5) is 22.2. The van der Waals surface area contributed by atoms with Gasteiger partial charge in [-0.15, -0.1) is 0 Å². The number of amides is 1. The molecule has 1 amide bonds. The number of ether oxygens (including phenoxy) is 1. The molecule has 1 aromatic heterocycles. The molecule has 1 unspecified atom stereocenters. The Hall–Kier alpha value is -1.73. The maximum absolute atomic E-state index is 12.3. The molecule has 1 aliphatic heterocycles. The summed E-state index contributed by atoms with van der Waals surface area (Å²) in [5.41, 5.74) is 2.03. The van der Waals surface area contributed by atoms with E-state index in [0.29, 0.717) is 24.5 Å². The second-order valence-corrected chi connectivity index (χ2v) is 8.33. The highest BCUT2D eigenvalue weighted by Gasteiger charge is 2.30. The van der Waals surface area contributed by atoms with E-state index in [0.717, 1.165) is 27.8 Å². The van der Waals surface area contributed by atoms with Gasteiger partial charge in [0.05, 0.1) is 0 Å². The Labute approximate surface area is 140 Å². The fourth-order valence-corrected chi connectivity index (χ4v) is 2.22. The van der Waals surface area contributed by atoms with Crippen LogP contribution in [0.1, 0.15) is 38.6 Å². The highest BCUT2D eigenvalue weighted by Crippen LogP contribution is 2.26. The van der Waals surface area contributed by atoms with Gasteiger partial charge in [0.1, 0.15) is 12.2 Å². The fraction of sp³-hybridized carbons (Fsp3) is 0.562. The van der Waals surface area contributed by atoms with Crippen LogP contribution in [0.2, 0.25) is 5.54 Å². The second kappa shape index (κ2) is 7.23. The number of rotatable bonds is 4. The third-order valence-electron chi connectivity index (χ3n) is 4.43. The predicted molar refractivity (Wildman–Crippen MR) is 92.0 cm³/mol. The molecule has 0 saturated heterocycles. The highest BCUT2D eigenvalue weighted by molar-refractivity contribution is 6.12. The van der Waals surface area contributed by atoms with E-state index >= 15 is 0 Å². The Bertz CT molecular complexity index is 585. The van der Waals surface area contributed by atoms with E-state index in [4.69, 9.17) is 9.84 Å². The Balaban J connectivity index is 1.98. The lowest BCUT2D eigenvalue weighted by atomic mass is 10.0.